The predicted molar refractivity (Wildman–Crippen MR) is 75.0 cm³/mol. The molecule has 0 saturated heterocycles. The van der Waals surface area contributed by atoms with E-state index in [4.69, 9.17) is 0 Å². The van der Waals surface area contributed by atoms with Crippen LogP contribution in [0.1, 0.15) is 43.7 Å². The Balaban J connectivity index is 2.39. The van der Waals surface area contributed by atoms with E-state index in [2.05, 4.69) is 55.7 Å². The van der Waals surface area contributed by atoms with Crippen LogP contribution in [0.4, 0.5) is 0 Å². The zero-order chi connectivity index (χ0) is 11.6. The summed E-state index contributed by atoms with van der Waals surface area (Å²) < 4.78 is 0. The third-order valence-electron chi connectivity index (χ3n) is 2.58. The Morgan fingerprint density at radius 1 is 1.06 bits per heavy atom. The van der Waals surface area contributed by atoms with Crippen LogP contribution in [0.3, 0.4) is 0 Å². The highest BCUT2D eigenvalue weighted by Crippen LogP contribution is 2.09. The Kier molecular flexibility index (Phi) is 6.85. The molecule has 0 aliphatic rings. The predicted octanol–water partition coefficient (Wildman–Crippen LogP) is 4.09. The second-order valence-corrected chi connectivity index (χ2v) is 4.28. The van der Waals surface area contributed by atoms with E-state index in [9.17, 15) is 0 Å². The van der Waals surface area contributed by atoms with Crippen LogP contribution in [-0.4, -0.2) is 5.75 Å². The lowest BCUT2D eigenvalue weighted by Gasteiger charge is -2.01. The van der Waals surface area contributed by atoms with E-state index in [0.29, 0.717) is 5.75 Å². The minimum atomic E-state index is 0.624. The molecule has 1 aromatic rings. The second-order valence-electron chi connectivity index (χ2n) is 3.97. The largest absolute Gasteiger partial charge is 0.166 e. The maximum atomic E-state index is 4.06. The molecular formula is C15H20S. The topological polar surface area (TPSA) is 0 Å². The second kappa shape index (κ2) is 8.30. The molecule has 1 rings (SSSR count). The van der Waals surface area contributed by atoms with Gasteiger partial charge in [-0.1, -0.05) is 50.2 Å². The first-order chi connectivity index (χ1) is 7.86. The molecule has 0 bridgehead atoms. The van der Waals surface area contributed by atoms with Crippen molar-refractivity contribution in [1.29, 1.82) is 0 Å². The van der Waals surface area contributed by atoms with E-state index in [1.165, 1.54) is 37.7 Å². The van der Waals surface area contributed by atoms with Gasteiger partial charge in [0.05, 0.1) is 5.75 Å². The molecule has 0 radical (unpaired) electrons. The fourth-order valence-electron chi connectivity index (χ4n) is 1.65. The Hall–Kier alpha value is -0.870. The minimum Gasteiger partial charge on any atom is -0.166 e. The quantitative estimate of drug-likeness (QED) is 0.441. The molecule has 16 heavy (non-hydrogen) atoms. The average molecular weight is 232 g/mol. The molecule has 1 aromatic carbocycles. The summed E-state index contributed by atoms with van der Waals surface area (Å²) in [6.07, 6.45) is 6.50. The molecule has 0 aliphatic heterocycles. The van der Waals surface area contributed by atoms with E-state index in [1.807, 2.05) is 0 Å². The molecule has 0 unspecified atom stereocenters. The van der Waals surface area contributed by atoms with E-state index in [-0.39, 0.29) is 0 Å². The SMILES string of the molecule is CCCCCCc1ccc(C#CCS)cc1. The van der Waals surface area contributed by atoms with Crippen LogP contribution >= 0.6 is 12.6 Å². The van der Waals surface area contributed by atoms with Crippen LogP contribution in [0.2, 0.25) is 0 Å². The monoisotopic (exact) mass is 232 g/mol. The van der Waals surface area contributed by atoms with Crippen LogP contribution in [0.25, 0.3) is 0 Å². The highest BCUT2D eigenvalue weighted by Gasteiger charge is 1.93. The van der Waals surface area contributed by atoms with Gasteiger partial charge in [-0.25, -0.2) is 0 Å². The van der Waals surface area contributed by atoms with Crippen molar-refractivity contribution < 1.29 is 0 Å². The number of hydrogen-bond donors (Lipinski definition) is 1. The van der Waals surface area contributed by atoms with E-state index in [0.717, 1.165) is 5.56 Å². The summed E-state index contributed by atoms with van der Waals surface area (Å²) in [4.78, 5) is 0. The molecular weight excluding hydrogens is 212 g/mol. The number of unbranched alkanes of at least 4 members (excludes halogenated alkanes) is 3. The van der Waals surface area contributed by atoms with Gasteiger partial charge in [0.15, 0.2) is 0 Å². The van der Waals surface area contributed by atoms with Crippen molar-refractivity contribution in [2.75, 3.05) is 5.75 Å². The summed E-state index contributed by atoms with van der Waals surface area (Å²) >= 11 is 4.06. The molecule has 0 heterocycles. The van der Waals surface area contributed by atoms with E-state index in [1.54, 1.807) is 0 Å². The molecule has 0 nitrogen and oxygen atoms in total. The highest BCUT2D eigenvalue weighted by atomic mass is 32.1. The van der Waals surface area contributed by atoms with Crippen molar-refractivity contribution in [3.63, 3.8) is 0 Å². The van der Waals surface area contributed by atoms with Crippen LogP contribution in [0, 0.1) is 11.8 Å². The van der Waals surface area contributed by atoms with Gasteiger partial charge in [-0.3, -0.25) is 0 Å². The molecule has 86 valence electrons. The third-order valence-corrected chi connectivity index (χ3v) is 2.74. The lowest BCUT2D eigenvalue weighted by atomic mass is 10.0. The first-order valence-electron chi connectivity index (χ1n) is 6.05. The van der Waals surface area contributed by atoms with Crippen molar-refractivity contribution in [3.8, 4) is 11.8 Å². The van der Waals surface area contributed by atoms with Gasteiger partial charge in [-0.2, -0.15) is 12.6 Å². The molecule has 0 aliphatic carbocycles. The number of rotatable bonds is 5. The first-order valence-corrected chi connectivity index (χ1v) is 6.68. The Labute approximate surface area is 105 Å². The van der Waals surface area contributed by atoms with Gasteiger partial charge >= 0.3 is 0 Å². The van der Waals surface area contributed by atoms with E-state index < -0.39 is 0 Å². The van der Waals surface area contributed by atoms with Crippen LogP contribution in [0.5, 0.6) is 0 Å². The molecule has 0 aromatic heterocycles. The van der Waals surface area contributed by atoms with Gasteiger partial charge in [0.2, 0.25) is 0 Å². The van der Waals surface area contributed by atoms with Crippen molar-refractivity contribution in [2.45, 2.75) is 39.0 Å². The van der Waals surface area contributed by atoms with Crippen molar-refractivity contribution in [3.05, 3.63) is 35.4 Å². The fraction of sp³-hybridized carbons (Fsp3) is 0.467. The maximum absolute atomic E-state index is 4.06. The van der Waals surface area contributed by atoms with Crippen molar-refractivity contribution in [2.24, 2.45) is 0 Å². The zero-order valence-electron chi connectivity index (χ0n) is 10.00. The highest BCUT2D eigenvalue weighted by molar-refractivity contribution is 7.80. The minimum absolute atomic E-state index is 0.624. The van der Waals surface area contributed by atoms with Crippen LogP contribution in [0.15, 0.2) is 24.3 Å². The van der Waals surface area contributed by atoms with Gasteiger partial charge in [0.1, 0.15) is 0 Å². The number of hydrogen-bond acceptors (Lipinski definition) is 1. The van der Waals surface area contributed by atoms with Gasteiger partial charge in [0, 0.05) is 5.56 Å². The van der Waals surface area contributed by atoms with Crippen molar-refractivity contribution in [1.82, 2.24) is 0 Å². The van der Waals surface area contributed by atoms with Crippen LogP contribution < -0.4 is 0 Å². The standard InChI is InChI=1S/C15H20S/c1-2-3-4-5-7-14-9-11-15(12-10-14)8-6-13-16/h9-12,16H,2-5,7,13H2,1H3. The summed E-state index contributed by atoms with van der Waals surface area (Å²) in [6, 6.07) is 8.58. The lowest BCUT2D eigenvalue weighted by molar-refractivity contribution is 0.667. The van der Waals surface area contributed by atoms with Crippen molar-refractivity contribution >= 4 is 12.6 Å². The lowest BCUT2D eigenvalue weighted by Crippen LogP contribution is -1.86. The maximum Gasteiger partial charge on any atom is 0.0521 e. The normalized spacial score (nSPS) is 9.62. The summed E-state index contributed by atoms with van der Waals surface area (Å²) in [5.41, 5.74) is 2.51. The Morgan fingerprint density at radius 3 is 2.44 bits per heavy atom. The Bertz CT molecular complexity index is 340. The molecule has 0 fully saturated rings. The fourth-order valence-corrected chi connectivity index (χ4v) is 1.73. The van der Waals surface area contributed by atoms with Crippen LogP contribution in [-0.2, 0) is 6.42 Å². The van der Waals surface area contributed by atoms with E-state index >= 15 is 0 Å². The summed E-state index contributed by atoms with van der Waals surface area (Å²) in [6.45, 7) is 2.24. The number of aryl methyl sites for hydroxylation is 1. The van der Waals surface area contributed by atoms with Gasteiger partial charge < -0.3 is 0 Å². The Morgan fingerprint density at radius 2 is 1.81 bits per heavy atom. The average Bonchev–Trinajstić information content (AvgIpc) is 2.33. The van der Waals surface area contributed by atoms with Gasteiger partial charge in [0.25, 0.3) is 0 Å². The summed E-state index contributed by atoms with van der Waals surface area (Å²) in [5, 5.41) is 0. The van der Waals surface area contributed by atoms with Gasteiger partial charge in [-0.15, -0.1) is 0 Å². The smallest absolute Gasteiger partial charge is 0.0521 e. The molecule has 0 N–H and O–H groups in total. The molecule has 0 atom stereocenters. The number of thiol groups is 1. The summed E-state index contributed by atoms with van der Waals surface area (Å²) in [5.74, 6) is 6.65. The first kappa shape index (κ1) is 13.2. The van der Waals surface area contributed by atoms with Gasteiger partial charge in [-0.05, 0) is 30.5 Å². The third kappa shape index (κ3) is 5.28. The molecule has 1 heteroatoms. The molecule has 0 amide bonds. The molecule has 0 saturated carbocycles. The summed E-state index contributed by atoms with van der Waals surface area (Å²) in [7, 11) is 0. The number of benzene rings is 1. The molecule has 0 spiro atoms. The zero-order valence-corrected chi connectivity index (χ0v) is 10.9.